The van der Waals surface area contributed by atoms with Crippen molar-refractivity contribution >= 4 is 17.6 Å². The van der Waals surface area contributed by atoms with E-state index in [4.69, 9.17) is 5.11 Å². The maximum atomic E-state index is 12.5. The monoisotopic (exact) mass is 304 g/mol. The first kappa shape index (κ1) is 17.0. The number of rotatable bonds is 6. The second-order valence-electron chi connectivity index (χ2n) is 4.51. The minimum absolute atomic E-state index is 0.0430. The Balaban J connectivity index is 2.57. The highest BCUT2D eigenvalue weighted by atomic mass is 19.4. The fourth-order valence-electron chi connectivity index (χ4n) is 1.58. The van der Waals surface area contributed by atoms with Gasteiger partial charge in [-0.2, -0.15) is 13.2 Å². The molecule has 1 aromatic carbocycles. The normalized spacial score (nSPS) is 11.5. The topological polar surface area (TPSA) is 69.6 Å². The molecule has 0 aliphatic heterocycles. The second kappa shape index (κ2) is 7.07. The molecule has 0 heterocycles. The van der Waals surface area contributed by atoms with Crippen molar-refractivity contribution in [2.45, 2.75) is 12.6 Å². The average molecular weight is 304 g/mol. The number of likely N-dealkylation sites (N-methyl/N-ethyl adjacent to an activating group) is 1. The van der Waals surface area contributed by atoms with Gasteiger partial charge in [0.05, 0.1) is 18.5 Å². The number of aliphatic carboxylic acids is 1. The Morgan fingerprint density at radius 1 is 1.33 bits per heavy atom. The number of benzene rings is 1. The molecule has 0 radical (unpaired) electrons. The van der Waals surface area contributed by atoms with Crippen LogP contribution in [0.25, 0.3) is 0 Å². The molecule has 0 spiro atoms. The third-order valence-corrected chi connectivity index (χ3v) is 2.59. The number of hydrogen-bond donors (Lipinski definition) is 2. The van der Waals surface area contributed by atoms with E-state index in [0.717, 1.165) is 12.1 Å². The lowest BCUT2D eigenvalue weighted by Crippen LogP contribution is -2.31. The molecule has 2 N–H and O–H groups in total. The first-order valence-electron chi connectivity index (χ1n) is 6.06. The number of halogens is 3. The van der Waals surface area contributed by atoms with Crippen molar-refractivity contribution in [3.05, 3.63) is 29.8 Å². The van der Waals surface area contributed by atoms with Gasteiger partial charge in [0.15, 0.2) is 0 Å². The largest absolute Gasteiger partial charge is 0.481 e. The van der Waals surface area contributed by atoms with Crippen LogP contribution < -0.4 is 5.32 Å². The molecule has 0 atom stereocenters. The van der Waals surface area contributed by atoms with Crippen LogP contribution in [0.4, 0.5) is 18.9 Å². The number of nitrogens with zero attached hydrogens (tertiary/aromatic N) is 1. The van der Waals surface area contributed by atoms with Crippen LogP contribution in [0, 0.1) is 0 Å². The van der Waals surface area contributed by atoms with Crippen LogP contribution in [0.15, 0.2) is 24.3 Å². The lowest BCUT2D eigenvalue weighted by molar-refractivity contribution is -0.138. The summed E-state index contributed by atoms with van der Waals surface area (Å²) in [6, 6.07) is 4.31. The van der Waals surface area contributed by atoms with E-state index in [-0.39, 0.29) is 25.2 Å². The van der Waals surface area contributed by atoms with Gasteiger partial charge >= 0.3 is 12.1 Å². The zero-order valence-electron chi connectivity index (χ0n) is 11.3. The second-order valence-corrected chi connectivity index (χ2v) is 4.51. The Morgan fingerprint density at radius 2 is 2.00 bits per heavy atom. The van der Waals surface area contributed by atoms with Gasteiger partial charge in [-0.05, 0) is 25.2 Å². The average Bonchev–Trinajstić information content (AvgIpc) is 2.35. The summed E-state index contributed by atoms with van der Waals surface area (Å²) in [6.07, 6.45) is -4.59. The number of nitrogens with one attached hydrogen (secondary N) is 1. The van der Waals surface area contributed by atoms with Gasteiger partial charge in [-0.25, -0.2) is 0 Å². The zero-order chi connectivity index (χ0) is 16.0. The van der Waals surface area contributed by atoms with Gasteiger partial charge in [-0.1, -0.05) is 6.07 Å². The highest BCUT2D eigenvalue weighted by Gasteiger charge is 2.30. The molecule has 0 aliphatic rings. The maximum Gasteiger partial charge on any atom is 0.416 e. The Kier molecular flexibility index (Phi) is 5.71. The van der Waals surface area contributed by atoms with Crippen LogP contribution in [0.5, 0.6) is 0 Å². The molecule has 0 aliphatic carbocycles. The standard InChI is InChI=1S/C13H15F3N2O3/c1-18(6-5-12(20)21)8-11(19)17-10-4-2-3-9(7-10)13(14,15)16/h2-4,7H,5-6,8H2,1H3,(H,17,19)(H,20,21). The van der Waals surface area contributed by atoms with E-state index < -0.39 is 23.6 Å². The molecule has 116 valence electrons. The number of hydrogen-bond acceptors (Lipinski definition) is 3. The predicted octanol–water partition coefficient (Wildman–Crippen LogP) is 2.05. The molecule has 0 unspecified atom stereocenters. The maximum absolute atomic E-state index is 12.5. The molecule has 0 aromatic heterocycles. The van der Waals surface area contributed by atoms with E-state index >= 15 is 0 Å². The molecule has 0 fully saturated rings. The van der Waals surface area contributed by atoms with Crippen molar-refractivity contribution in [1.82, 2.24) is 4.90 Å². The molecule has 21 heavy (non-hydrogen) atoms. The summed E-state index contributed by atoms with van der Waals surface area (Å²) >= 11 is 0. The summed E-state index contributed by atoms with van der Waals surface area (Å²) in [7, 11) is 1.55. The number of carbonyl (C=O) groups excluding carboxylic acids is 1. The molecular weight excluding hydrogens is 289 g/mol. The fourth-order valence-corrected chi connectivity index (χ4v) is 1.58. The number of alkyl halides is 3. The first-order valence-corrected chi connectivity index (χ1v) is 6.06. The van der Waals surface area contributed by atoms with Crippen molar-refractivity contribution in [3.8, 4) is 0 Å². The van der Waals surface area contributed by atoms with Crippen LogP contribution >= 0.6 is 0 Å². The Bertz CT molecular complexity index is 518. The van der Waals surface area contributed by atoms with Gasteiger partial charge in [-0.3, -0.25) is 14.5 Å². The molecule has 0 saturated carbocycles. The highest BCUT2D eigenvalue weighted by molar-refractivity contribution is 5.92. The Hall–Kier alpha value is -2.09. The third-order valence-electron chi connectivity index (χ3n) is 2.59. The van der Waals surface area contributed by atoms with Gasteiger partial charge in [-0.15, -0.1) is 0 Å². The smallest absolute Gasteiger partial charge is 0.416 e. The molecular formula is C13H15F3N2O3. The van der Waals surface area contributed by atoms with Gasteiger partial charge in [0.1, 0.15) is 0 Å². The van der Waals surface area contributed by atoms with Gasteiger partial charge in [0.25, 0.3) is 0 Å². The van der Waals surface area contributed by atoms with Crippen molar-refractivity contribution in [3.63, 3.8) is 0 Å². The lowest BCUT2D eigenvalue weighted by Gasteiger charge is -2.15. The van der Waals surface area contributed by atoms with Crippen LogP contribution in [0.1, 0.15) is 12.0 Å². The lowest BCUT2D eigenvalue weighted by atomic mass is 10.2. The van der Waals surface area contributed by atoms with E-state index in [9.17, 15) is 22.8 Å². The van der Waals surface area contributed by atoms with Gasteiger partial charge in [0, 0.05) is 12.2 Å². The third kappa shape index (κ3) is 6.26. The summed E-state index contributed by atoms with van der Waals surface area (Å²) in [5.74, 6) is -1.50. The Morgan fingerprint density at radius 3 is 2.57 bits per heavy atom. The van der Waals surface area contributed by atoms with Crippen molar-refractivity contribution < 1.29 is 27.9 Å². The molecule has 1 rings (SSSR count). The van der Waals surface area contributed by atoms with E-state index in [0.29, 0.717) is 0 Å². The van der Waals surface area contributed by atoms with Crippen molar-refractivity contribution in [1.29, 1.82) is 0 Å². The summed E-state index contributed by atoms with van der Waals surface area (Å²) in [6.45, 7) is 0.0644. The minimum Gasteiger partial charge on any atom is -0.481 e. The van der Waals surface area contributed by atoms with Crippen LogP contribution in [0.3, 0.4) is 0 Å². The number of carboxylic acid groups (broad SMARTS) is 1. The van der Waals surface area contributed by atoms with Gasteiger partial charge < -0.3 is 10.4 Å². The van der Waals surface area contributed by atoms with Crippen molar-refractivity contribution in [2.75, 3.05) is 25.5 Å². The molecule has 8 heteroatoms. The first-order chi connectivity index (χ1) is 9.68. The minimum atomic E-state index is -4.47. The van der Waals surface area contributed by atoms with E-state index in [2.05, 4.69) is 5.32 Å². The quantitative estimate of drug-likeness (QED) is 0.844. The highest BCUT2D eigenvalue weighted by Crippen LogP contribution is 2.30. The molecule has 5 nitrogen and oxygen atoms in total. The number of anilines is 1. The van der Waals surface area contributed by atoms with E-state index in [1.165, 1.54) is 17.0 Å². The predicted molar refractivity (Wildman–Crippen MR) is 69.8 cm³/mol. The SMILES string of the molecule is CN(CCC(=O)O)CC(=O)Nc1cccc(C(F)(F)F)c1. The summed E-state index contributed by atoms with van der Waals surface area (Å²) < 4.78 is 37.5. The van der Waals surface area contributed by atoms with Crippen molar-refractivity contribution in [2.24, 2.45) is 0 Å². The number of amides is 1. The molecule has 0 bridgehead atoms. The molecule has 1 aromatic rings. The van der Waals surface area contributed by atoms with E-state index in [1.54, 1.807) is 7.05 Å². The summed E-state index contributed by atoms with van der Waals surface area (Å²) in [5, 5.41) is 10.8. The fraction of sp³-hybridized carbons (Fsp3) is 0.385. The number of carboxylic acids is 1. The Labute approximate surface area is 119 Å². The van der Waals surface area contributed by atoms with Gasteiger partial charge in [0.2, 0.25) is 5.91 Å². The molecule has 1 amide bonds. The summed E-state index contributed by atoms with van der Waals surface area (Å²) in [4.78, 5) is 23.5. The van der Waals surface area contributed by atoms with Crippen LogP contribution in [-0.2, 0) is 15.8 Å². The summed E-state index contributed by atoms with van der Waals surface area (Å²) in [5.41, 5.74) is -0.805. The van der Waals surface area contributed by atoms with Crippen LogP contribution in [-0.4, -0.2) is 42.0 Å². The molecule has 0 saturated heterocycles. The van der Waals surface area contributed by atoms with Crippen LogP contribution in [0.2, 0.25) is 0 Å². The zero-order valence-corrected chi connectivity index (χ0v) is 11.3. The van der Waals surface area contributed by atoms with E-state index in [1.807, 2.05) is 0 Å². The number of carbonyl (C=O) groups is 2.